The Morgan fingerprint density at radius 1 is 0.935 bits per heavy atom. The van der Waals surface area contributed by atoms with Gasteiger partial charge in [0.15, 0.2) is 11.9 Å². The van der Waals surface area contributed by atoms with Gasteiger partial charge in [0.1, 0.15) is 23.9 Å². The van der Waals surface area contributed by atoms with Crippen molar-refractivity contribution in [3.8, 4) is 17.2 Å². The van der Waals surface area contributed by atoms with Crippen LogP contribution in [0.4, 0.5) is 9.93 Å². The summed E-state index contributed by atoms with van der Waals surface area (Å²) in [6, 6.07) is 20.8. The van der Waals surface area contributed by atoms with Crippen molar-refractivity contribution in [3.05, 3.63) is 77.8 Å². The van der Waals surface area contributed by atoms with Crippen LogP contribution in [0.3, 0.4) is 0 Å². The topological polar surface area (TPSA) is 81.7 Å². The summed E-state index contributed by atoms with van der Waals surface area (Å²) in [4.78, 5) is 16.4. The fraction of sp³-hybridized carbons (Fsp3) is 0.130. The van der Waals surface area contributed by atoms with Crippen LogP contribution in [0.15, 0.2) is 72.1 Å². The fourth-order valence-corrected chi connectivity index (χ4v) is 3.53. The molecule has 158 valence electrons. The fourth-order valence-electron chi connectivity index (χ4n) is 2.84. The van der Waals surface area contributed by atoms with Gasteiger partial charge in [-0.1, -0.05) is 30.3 Å². The predicted molar refractivity (Wildman–Crippen MR) is 121 cm³/mol. The number of nitrogens with zero attached hydrogens (tertiary/aromatic N) is 1. The zero-order chi connectivity index (χ0) is 21.5. The van der Waals surface area contributed by atoms with Crippen LogP contribution < -0.4 is 24.8 Å². The van der Waals surface area contributed by atoms with Crippen molar-refractivity contribution in [2.75, 3.05) is 19.2 Å². The number of carbonyl (C=O) groups excluding carboxylic acids is 1. The molecular weight excluding hydrogens is 414 g/mol. The zero-order valence-corrected chi connectivity index (χ0v) is 17.6. The summed E-state index contributed by atoms with van der Waals surface area (Å²) in [5, 5.41) is 9.94. The summed E-state index contributed by atoms with van der Waals surface area (Å²) < 4.78 is 16.4. The normalized spacial score (nSPS) is 10.5. The number of ether oxygens (including phenoxy) is 3. The van der Waals surface area contributed by atoms with Crippen LogP contribution in [0.2, 0.25) is 0 Å². The van der Waals surface area contributed by atoms with Crippen molar-refractivity contribution in [1.29, 1.82) is 0 Å². The number of fused-ring (bicyclic) bond motifs is 1. The van der Waals surface area contributed by atoms with Crippen molar-refractivity contribution in [1.82, 2.24) is 10.3 Å². The molecule has 0 saturated heterocycles. The Labute approximate surface area is 183 Å². The molecular formula is C23H21N3O4S. The van der Waals surface area contributed by atoms with Crippen molar-refractivity contribution < 1.29 is 19.0 Å². The third-order valence-corrected chi connectivity index (χ3v) is 5.22. The van der Waals surface area contributed by atoms with Crippen LogP contribution in [0.25, 0.3) is 10.8 Å². The molecule has 31 heavy (non-hydrogen) atoms. The number of anilines is 1. The highest BCUT2D eigenvalue weighted by Gasteiger charge is 2.07. The molecule has 0 aliphatic rings. The van der Waals surface area contributed by atoms with Crippen molar-refractivity contribution in [3.63, 3.8) is 0 Å². The SMILES string of the molecule is COc1ccc(OCNC(=O)Nc2nc(COc3ccc4ccccc4c3)cs2)cc1. The first-order chi connectivity index (χ1) is 15.2. The number of amides is 2. The Hall–Kier alpha value is -3.78. The Balaban J connectivity index is 1.22. The van der Waals surface area contributed by atoms with E-state index in [1.165, 1.54) is 11.3 Å². The predicted octanol–water partition coefficient (Wildman–Crippen LogP) is 5.04. The molecule has 0 unspecified atom stereocenters. The minimum Gasteiger partial charge on any atom is -0.497 e. The van der Waals surface area contributed by atoms with E-state index in [9.17, 15) is 4.79 Å². The highest BCUT2D eigenvalue weighted by molar-refractivity contribution is 7.13. The maximum atomic E-state index is 12.0. The van der Waals surface area contributed by atoms with Crippen molar-refractivity contribution >= 4 is 33.3 Å². The van der Waals surface area contributed by atoms with Gasteiger partial charge in [-0.05, 0) is 47.2 Å². The number of carbonyl (C=O) groups is 1. The van der Waals surface area contributed by atoms with Crippen LogP contribution >= 0.6 is 11.3 Å². The van der Waals surface area contributed by atoms with Gasteiger partial charge in [-0.3, -0.25) is 5.32 Å². The number of benzene rings is 3. The van der Waals surface area contributed by atoms with Crippen molar-refractivity contribution in [2.45, 2.75) is 6.61 Å². The monoisotopic (exact) mass is 435 g/mol. The number of hydrogen-bond acceptors (Lipinski definition) is 6. The zero-order valence-electron chi connectivity index (χ0n) is 16.8. The number of nitrogens with one attached hydrogen (secondary N) is 2. The Morgan fingerprint density at radius 2 is 1.68 bits per heavy atom. The second-order valence-electron chi connectivity index (χ2n) is 6.54. The average Bonchev–Trinajstić information content (AvgIpc) is 3.25. The van der Waals surface area contributed by atoms with Gasteiger partial charge < -0.3 is 19.5 Å². The van der Waals surface area contributed by atoms with E-state index in [0.29, 0.717) is 17.5 Å². The lowest BCUT2D eigenvalue weighted by molar-refractivity contribution is 0.234. The molecule has 7 nitrogen and oxygen atoms in total. The minimum absolute atomic E-state index is 0.0292. The molecule has 0 atom stereocenters. The average molecular weight is 436 g/mol. The van der Waals surface area contributed by atoms with Gasteiger partial charge in [-0.15, -0.1) is 11.3 Å². The standard InChI is InChI=1S/C23H21N3O4S/c1-28-19-8-10-20(11-9-19)30-15-24-22(27)26-23-25-18(14-31-23)13-29-21-7-6-16-4-2-3-5-17(16)12-21/h2-12,14H,13,15H2,1H3,(H2,24,25,26,27). The summed E-state index contributed by atoms with van der Waals surface area (Å²) in [6.45, 7) is 0.347. The number of methoxy groups -OCH3 is 1. The molecule has 2 amide bonds. The van der Waals surface area contributed by atoms with Gasteiger partial charge in [0, 0.05) is 5.38 Å². The van der Waals surface area contributed by atoms with Crippen LogP contribution in [-0.2, 0) is 6.61 Å². The van der Waals surface area contributed by atoms with E-state index in [4.69, 9.17) is 14.2 Å². The maximum Gasteiger partial charge on any atom is 0.323 e. The Morgan fingerprint density at radius 3 is 2.48 bits per heavy atom. The third-order valence-electron chi connectivity index (χ3n) is 4.41. The molecule has 0 spiro atoms. The Kier molecular flexibility index (Phi) is 6.49. The first-order valence-electron chi connectivity index (χ1n) is 9.57. The molecule has 8 heteroatoms. The summed E-state index contributed by atoms with van der Waals surface area (Å²) in [6.07, 6.45) is 0. The third kappa shape index (κ3) is 5.64. The number of rotatable bonds is 8. The van der Waals surface area contributed by atoms with E-state index in [0.717, 1.165) is 28.0 Å². The quantitative estimate of drug-likeness (QED) is 0.379. The largest absolute Gasteiger partial charge is 0.497 e. The molecule has 4 aromatic rings. The lowest BCUT2D eigenvalue weighted by Gasteiger charge is -2.08. The van der Waals surface area contributed by atoms with E-state index in [2.05, 4.69) is 21.7 Å². The highest BCUT2D eigenvalue weighted by atomic mass is 32.1. The van der Waals surface area contributed by atoms with Crippen molar-refractivity contribution in [2.24, 2.45) is 0 Å². The summed E-state index contributed by atoms with van der Waals surface area (Å²) >= 11 is 1.33. The lowest BCUT2D eigenvalue weighted by Crippen LogP contribution is -2.31. The molecule has 0 saturated carbocycles. The van der Waals surface area contributed by atoms with Crippen LogP contribution in [0, 0.1) is 0 Å². The summed E-state index contributed by atoms with van der Waals surface area (Å²) in [5.74, 6) is 2.14. The minimum atomic E-state index is -0.398. The summed E-state index contributed by atoms with van der Waals surface area (Å²) in [5.41, 5.74) is 0.739. The first-order valence-corrected chi connectivity index (χ1v) is 10.5. The highest BCUT2D eigenvalue weighted by Crippen LogP contribution is 2.22. The van der Waals surface area contributed by atoms with Gasteiger partial charge in [-0.25, -0.2) is 9.78 Å². The lowest BCUT2D eigenvalue weighted by atomic mass is 10.1. The van der Waals surface area contributed by atoms with Gasteiger partial charge in [0.2, 0.25) is 0 Å². The second kappa shape index (κ2) is 9.82. The molecule has 2 N–H and O–H groups in total. The van der Waals surface area contributed by atoms with E-state index < -0.39 is 6.03 Å². The van der Waals surface area contributed by atoms with Crippen LogP contribution in [0.5, 0.6) is 17.2 Å². The molecule has 0 aliphatic heterocycles. The van der Waals surface area contributed by atoms with Crippen LogP contribution in [-0.4, -0.2) is 24.9 Å². The molecule has 0 radical (unpaired) electrons. The number of urea groups is 1. The van der Waals surface area contributed by atoms with Gasteiger partial charge in [0.05, 0.1) is 12.8 Å². The molecule has 0 fully saturated rings. The summed E-state index contributed by atoms with van der Waals surface area (Å²) in [7, 11) is 1.60. The van der Waals surface area contributed by atoms with Gasteiger partial charge >= 0.3 is 6.03 Å². The van der Waals surface area contributed by atoms with Gasteiger partial charge in [0.25, 0.3) is 0 Å². The molecule has 0 aliphatic carbocycles. The molecule has 4 rings (SSSR count). The smallest absolute Gasteiger partial charge is 0.323 e. The molecule has 0 bridgehead atoms. The maximum absolute atomic E-state index is 12.0. The van der Waals surface area contributed by atoms with Gasteiger partial charge in [-0.2, -0.15) is 0 Å². The second-order valence-corrected chi connectivity index (χ2v) is 7.39. The molecule has 1 aromatic heterocycles. The van der Waals surface area contributed by atoms with E-state index in [1.807, 2.05) is 41.8 Å². The molecule has 1 heterocycles. The first kappa shape index (κ1) is 20.5. The van der Waals surface area contributed by atoms with E-state index in [1.54, 1.807) is 31.4 Å². The number of thiazole rings is 1. The van der Waals surface area contributed by atoms with E-state index in [-0.39, 0.29) is 6.73 Å². The van der Waals surface area contributed by atoms with E-state index >= 15 is 0 Å². The Bertz CT molecular complexity index is 1160. The number of aromatic nitrogens is 1. The van der Waals surface area contributed by atoms with Crippen LogP contribution in [0.1, 0.15) is 5.69 Å². The number of hydrogen-bond donors (Lipinski definition) is 2. The molecule has 3 aromatic carbocycles.